The lowest BCUT2D eigenvalue weighted by Gasteiger charge is -2.40. The van der Waals surface area contributed by atoms with Crippen LogP contribution in [0.2, 0.25) is 0 Å². The molecule has 0 saturated heterocycles. The van der Waals surface area contributed by atoms with Gasteiger partial charge < -0.3 is 0 Å². The summed E-state index contributed by atoms with van der Waals surface area (Å²) in [7, 11) is -3.63. The van der Waals surface area contributed by atoms with Crippen molar-refractivity contribution in [3.8, 4) is 0 Å². The summed E-state index contributed by atoms with van der Waals surface area (Å²) in [5.41, 5.74) is 1.74. The molecule has 5 nitrogen and oxygen atoms in total. The molecule has 0 spiro atoms. The van der Waals surface area contributed by atoms with Gasteiger partial charge in [0.05, 0.1) is 29.6 Å². The van der Waals surface area contributed by atoms with Gasteiger partial charge in [-0.2, -0.15) is 0 Å². The number of aliphatic imine (C=N–C) groups is 1. The van der Waals surface area contributed by atoms with Crippen molar-refractivity contribution in [3.05, 3.63) is 46.7 Å². The second-order valence-electron chi connectivity index (χ2n) is 8.07. The fraction of sp³-hybridized carbons (Fsp3) is 0.400. The molecule has 27 heavy (non-hydrogen) atoms. The molecule has 2 heterocycles. The molecule has 142 valence electrons. The Morgan fingerprint density at radius 3 is 2.56 bits per heavy atom. The molecule has 4 rings (SSSR count). The molecule has 0 amide bonds. The third-order valence-corrected chi connectivity index (χ3v) is 7.24. The number of nitrogens with zero attached hydrogens (tertiary/aromatic N) is 2. The zero-order valence-electron chi connectivity index (χ0n) is 15.5. The Morgan fingerprint density at radius 1 is 1.15 bits per heavy atom. The summed E-state index contributed by atoms with van der Waals surface area (Å²) >= 11 is 1.48. The highest BCUT2D eigenvalue weighted by Crippen LogP contribution is 2.49. The van der Waals surface area contributed by atoms with Gasteiger partial charge in [-0.3, -0.25) is 14.1 Å². The normalized spacial score (nSPS) is 24.6. The number of thiophene rings is 1. The number of fused-ring (bicyclic) bond motifs is 2. The summed E-state index contributed by atoms with van der Waals surface area (Å²) in [5, 5.41) is 1.92. The maximum absolute atomic E-state index is 13.2. The molecule has 0 radical (unpaired) electrons. The fourth-order valence-electron chi connectivity index (χ4n) is 4.21. The first-order chi connectivity index (χ1) is 12.7. The van der Waals surface area contributed by atoms with E-state index in [9.17, 15) is 13.2 Å². The Hall–Kier alpha value is -1.99. The third kappa shape index (κ3) is 3.23. The lowest BCUT2D eigenvalue weighted by molar-refractivity contribution is -0.124. The van der Waals surface area contributed by atoms with Crippen LogP contribution in [-0.4, -0.2) is 26.2 Å². The maximum atomic E-state index is 13.2. The molecular formula is C20H22N2O3S2. The van der Waals surface area contributed by atoms with Gasteiger partial charge in [0.2, 0.25) is 10.0 Å². The number of rotatable bonds is 2. The molecule has 1 aromatic heterocycles. The third-order valence-electron chi connectivity index (χ3n) is 5.16. The molecule has 1 aromatic carbocycles. The van der Waals surface area contributed by atoms with Crippen LogP contribution in [0.15, 0.2) is 46.8 Å². The Labute approximate surface area is 163 Å². The number of benzene rings is 1. The lowest BCUT2D eigenvalue weighted by Crippen LogP contribution is -2.46. The summed E-state index contributed by atoms with van der Waals surface area (Å²) < 4.78 is 27.2. The average molecular weight is 403 g/mol. The van der Waals surface area contributed by atoms with E-state index in [1.165, 1.54) is 21.9 Å². The van der Waals surface area contributed by atoms with Crippen LogP contribution < -0.4 is 4.31 Å². The summed E-state index contributed by atoms with van der Waals surface area (Å²) in [6, 6.07) is 10.5. The number of hydrogen-bond acceptors (Lipinski definition) is 5. The first-order valence-corrected chi connectivity index (χ1v) is 11.6. The van der Waals surface area contributed by atoms with Crippen molar-refractivity contribution in [1.29, 1.82) is 0 Å². The molecule has 0 N–H and O–H groups in total. The zero-order chi connectivity index (χ0) is 19.4. The van der Waals surface area contributed by atoms with E-state index in [1.54, 1.807) is 6.07 Å². The molecule has 1 aliphatic heterocycles. The van der Waals surface area contributed by atoms with Gasteiger partial charge in [0.25, 0.3) is 0 Å². The first-order valence-electron chi connectivity index (χ1n) is 8.89. The molecule has 1 fully saturated rings. The van der Waals surface area contributed by atoms with Gasteiger partial charge in [-0.25, -0.2) is 8.42 Å². The van der Waals surface area contributed by atoms with Crippen molar-refractivity contribution in [2.75, 3.05) is 10.6 Å². The highest BCUT2D eigenvalue weighted by Gasteiger charge is 2.48. The predicted octanol–water partition coefficient (Wildman–Crippen LogP) is 4.35. The minimum Gasteiger partial charge on any atom is -0.299 e. The van der Waals surface area contributed by atoms with E-state index in [0.29, 0.717) is 24.2 Å². The smallest absolute Gasteiger partial charge is 0.232 e. The van der Waals surface area contributed by atoms with Crippen molar-refractivity contribution in [3.63, 3.8) is 0 Å². The largest absolute Gasteiger partial charge is 0.299 e. The number of anilines is 1. The van der Waals surface area contributed by atoms with Crippen LogP contribution in [0, 0.1) is 11.3 Å². The van der Waals surface area contributed by atoms with Crippen LogP contribution in [0.3, 0.4) is 0 Å². The molecule has 1 saturated carbocycles. The molecule has 2 aromatic rings. The summed E-state index contributed by atoms with van der Waals surface area (Å²) in [6.45, 7) is 4.13. The van der Waals surface area contributed by atoms with E-state index in [1.807, 2.05) is 35.7 Å². The van der Waals surface area contributed by atoms with Gasteiger partial charge in [-0.1, -0.05) is 32.0 Å². The van der Waals surface area contributed by atoms with Crippen molar-refractivity contribution < 1.29 is 13.2 Å². The Kier molecular flexibility index (Phi) is 4.27. The number of carbonyl (C=O) groups excluding carboxylic acids is 1. The van der Waals surface area contributed by atoms with Crippen LogP contribution in [0.5, 0.6) is 0 Å². The quantitative estimate of drug-likeness (QED) is 0.750. The SMILES string of the molecule is CC1(C)CC(=O)C2C(=Nc3ccccc3N(S(C)(=O)=O)C2c2cccs2)C1. The second kappa shape index (κ2) is 6.27. The van der Waals surface area contributed by atoms with E-state index >= 15 is 0 Å². The van der Waals surface area contributed by atoms with Gasteiger partial charge >= 0.3 is 0 Å². The van der Waals surface area contributed by atoms with Crippen molar-refractivity contribution in [2.24, 2.45) is 16.3 Å². The topological polar surface area (TPSA) is 66.8 Å². The van der Waals surface area contributed by atoms with Crippen molar-refractivity contribution in [2.45, 2.75) is 32.7 Å². The number of carbonyl (C=O) groups is 1. The van der Waals surface area contributed by atoms with Gasteiger partial charge in [-0.15, -0.1) is 11.3 Å². The molecule has 7 heteroatoms. The minimum atomic E-state index is -3.63. The first kappa shape index (κ1) is 18.4. The second-order valence-corrected chi connectivity index (χ2v) is 10.9. The van der Waals surface area contributed by atoms with E-state index < -0.39 is 22.0 Å². The molecule has 0 bridgehead atoms. The number of sulfonamides is 1. The molecule has 2 aliphatic rings. The molecule has 1 aliphatic carbocycles. The highest BCUT2D eigenvalue weighted by atomic mass is 32.2. The van der Waals surface area contributed by atoms with Crippen molar-refractivity contribution >= 4 is 44.2 Å². The van der Waals surface area contributed by atoms with Gasteiger partial charge in [-0.05, 0) is 35.4 Å². The van der Waals surface area contributed by atoms with E-state index in [-0.39, 0.29) is 11.2 Å². The fourth-order valence-corrected chi connectivity index (χ4v) is 6.29. The van der Waals surface area contributed by atoms with Gasteiger partial charge in [0.1, 0.15) is 5.78 Å². The number of para-hydroxylation sites is 2. The number of ketones is 1. The predicted molar refractivity (Wildman–Crippen MR) is 109 cm³/mol. The highest BCUT2D eigenvalue weighted by molar-refractivity contribution is 7.92. The minimum absolute atomic E-state index is 0.0601. The van der Waals surface area contributed by atoms with Crippen molar-refractivity contribution in [1.82, 2.24) is 0 Å². The van der Waals surface area contributed by atoms with Crippen LogP contribution in [0.4, 0.5) is 11.4 Å². The van der Waals surface area contributed by atoms with Crippen LogP contribution >= 0.6 is 11.3 Å². The summed E-state index contributed by atoms with van der Waals surface area (Å²) in [4.78, 5) is 18.9. The van der Waals surface area contributed by atoms with E-state index in [0.717, 1.165) is 10.6 Å². The number of hydrogen-bond donors (Lipinski definition) is 0. The van der Waals surface area contributed by atoms with Crippen LogP contribution in [0.25, 0.3) is 0 Å². The summed E-state index contributed by atoms with van der Waals surface area (Å²) in [6.07, 6.45) is 2.30. The number of Topliss-reactive ketones (excluding diaryl/α,β-unsaturated/α-hetero) is 1. The van der Waals surface area contributed by atoms with Crippen LogP contribution in [0.1, 0.15) is 37.6 Å². The van der Waals surface area contributed by atoms with Crippen LogP contribution in [-0.2, 0) is 14.8 Å². The molecule has 2 atom stereocenters. The Bertz CT molecular complexity index is 1020. The Balaban J connectivity index is 2.02. The van der Waals surface area contributed by atoms with E-state index in [4.69, 9.17) is 4.99 Å². The standard InChI is InChI=1S/C20H22N2O3S2/c1-20(2)11-14-18(16(23)12-20)19(17-9-6-10-26-17)22(27(3,24)25)15-8-5-4-7-13(15)21-14/h4-10,18-19H,11-12H2,1-3H3. The molecular weight excluding hydrogens is 380 g/mol. The maximum Gasteiger partial charge on any atom is 0.232 e. The monoisotopic (exact) mass is 402 g/mol. The van der Waals surface area contributed by atoms with E-state index in [2.05, 4.69) is 13.8 Å². The summed E-state index contributed by atoms with van der Waals surface area (Å²) in [5.74, 6) is -0.497. The average Bonchev–Trinajstić information content (AvgIpc) is 3.01. The van der Waals surface area contributed by atoms with Gasteiger partial charge in [0.15, 0.2) is 0 Å². The molecule has 2 unspecified atom stereocenters. The Morgan fingerprint density at radius 2 is 1.89 bits per heavy atom. The lowest BCUT2D eigenvalue weighted by atomic mass is 9.69. The van der Waals surface area contributed by atoms with Gasteiger partial charge in [0, 0.05) is 17.0 Å². The zero-order valence-corrected chi connectivity index (χ0v) is 17.2.